The van der Waals surface area contributed by atoms with E-state index >= 15 is 0 Å². The highest BCUT2D eigenvalue weighted by Gasteiger charge is 2.31. The second kappa shape index (κ2) is 4.71. The molecular formula is C11H8F3N3O2. The molecule has 0 saturated heterocycles. The van der Waals surface area contributed by atoms with Crippen LogP contribution in [0.1, 0.15) is 0 Å². The van der Waals surface area contributed by atoms with Crippen LogP contribution in [0.3, 0.4) is 0 Å². The smallest absolute Gasteiger partial charge is 0.419 e. The summed E-state index contributed by atoms with van der Waals surface area (Å²) in [6.07, 6.45) is -5.04. The van der Waals surface area contributed by atoms with Crippen molar-refractivity contribution in [2.75, 3.05) is 0 Å². The normalized spacial score (nSPS) is 12.7. The molecule has 1 aromatic carbocycles. The molecule has 0 amide bonds. The van der Waals surface area contributed by atoms with Crippen molar-refractivity contribution in [3.05, 3.63) is 30.3 Å². The Morgan fingerprint density at radius 3 is 2.53 bits per heavy atom. The van der Waals surface area contributed by atoms with E-state index in [1.165, 1.54) is 11.7 Å². The van der Waals surface area contributed by atoms with Gasteiger partial charge in [-0.25, -0.2) is 4.99 Å². The van der Waals surface area contributed by atoms with Crippen LogP contribution in [0.25, 0.3) is 11.3 Å². The van der Waals surface area contributed by atoms with Gasteiger partial charge in [0.1, 0.15) is 0 Å². The van der Waals surface area contributed by atoms with E-state index in [4.69, 9.17) is 0 Å². The maximum Gasteiger partial charge on any atom is 0.419 e. The van der Waals surface area contributed by atoms with Crippen molar-refractivity contribution in [1.82, 2.24) is 5.27 Å². The minimum Gasteiger partial charge on any atom is -0.855 e. The molecule has 0 fully saturated rings. The Labute approximate surface area is 105 Å². The summed E-state index contributed by atoms with van der Waals surface area (Å²) in [5.74, 6) is -2.71. The monoisotopic (exact) mass is 271 g/mol. The van der Waals surface area contributed by atoms with E-state index < -0.39 is 18.0 Å². The van der Waals surface area contributed by atoms with Crippen molar-refractivity contribution < 1.29 is 27.5 Å². The van der Waals surface area contributed by atoms with Gasteiger partial charge >= 0.3 is 17.8 Å². The molecule has 1 heterocycles. The van der Waals surface area contributed by atoms with E-state index in [2.05, 4.69) is 14.8 Å². The summed E-state index contributed by atoms with van der Waals surface area (Å²) in [6.45, 7) is 0. The molecule has 1 aromatic heterocycles. The molecule has 100 valence electrons. The largest absolute Gasteiger partial charge is 0.855 e. The number of hydrogen-bond donors (Lipinski definition) is 0. The first-order valence-corrected chi connectivity index (χ1v) is 5.14. The van der Waals surface area contributed by atoms with E-state index in [-0.39, 0.29) is 5.69 Å². The maximum absolute atomic E-state index is 12.2. The lowest BCUT2D eigenvalue weighted by Crippen LogP contribution is -2.34. The highest BCUT2D eigenvalue weighted by atomic mass is 19.4. The predicted molar refractivity (Wildman–Crippen MR) is 56.3 cm³/mol. The van der Waals surface area contributed by atoms with Crippen LogP contribution in [-0.2, 0) is 7.05 Å². The number of aryl methyl sites for hydroxylation is 1. The summed E-state index contributed by atoms with van der Waals surface area (Å²) in [7, 11) is 1.48. The van der Waals surface area contributed by atoms with Crippen LogP contribution in [0, 0.1) is 0 Å². The highest BCUT2D eigenvalue weighted by Crippen LogP contribution is 2.27. The van der Waals surface area contributed by atoms with E-state index in [9.17, 15) is 18.3 Å². The summed E-state index contributed by atoms with van der Waals surface area (Å²) in [5, 5.41) is 14.3. The third-order valence-corrected chi connectivity index (χ3v) is 2.27. The number of halogens is 3. The van der Waals surface area contributed by atoms with Gasteiger partial charge in [-0.15, -0.1) is 0 Å². The Bertz CT molecular complexity index is 605. The SMILES string of the molecule is C[n+]1noc(/N=C(/[O-])C(F)(F)F)c1-c1ccccc1. The van der Waals surface area contributed by atoms with Crippen molar-refractivity contribution in [2.45, 2.75) is 6.18 Å². The number of rotatable bonds is 2. The van der Waals surface area contributed by atoms with Crippen LogP contribution < -0.4 is 9.79 Å². The maximum atomic E-state index is 12.2. The first-order valence-electron chi connectivity index (χ1n) is 5.14. The minimum atomic E-state index is -5.04. The number of benzene rings is 1. The highest BCUT2D eigenvalue weighted by molar-refractivity contribution is 5.81. The molecule has 5 nitrogen and oxygen atoms in total. The van der Waals surface area contributed by atoms with Gasteiger partial charge in [-0.1, -0.05) is 18.2 Å². The molecule has 19 heavy (non-hydrogen) atoms. The average molecular weight is 271 g/mol. The molecule has 0 saturated carbocycles. The van der Waals surface area contributed by atoms with Gasteiger partial charge in [0.15, 0.2) is 7.05 Å². The molecule has 8 heteroatoms. The van der Waals surface area contributed by atoms with Crippen molar-refractivity contribution >= 4 is 11.8 Å². The molecule has 0 aliphatic rings. The predicted octanol–water partition coefficient (Wildman–Crippen LogP) is 1.12. The van der Waals surface area contributed by atoms with E-state index in [1.54, 1.807) is 30.3 Å². The number of aliphatic imine (C=N–C) groups is 1. The summed E-state index contributed by atoms with van der Waals surface area (Å²) in [4.78, 5) is 2.91. The van der Waals surface area contributed by atoms with E-state index in [0.717, 1.165) is 0 Å². The molecule has 0 spiro atoms. The quantitative estimate of drug-likeness (QED) is 0.467. The number of hydrogen-bond acceptors (Lipinski definition) is 4. The van der Waals surface area contributed by atoms with Gasteiger partial charge in [0.2, 0.25) is 5.27 Å². The zero-order valence-corrected chi connectivity index (χ0v) is 9.68. The molecule has 0 bridgehead atoms. The lowest BCUT2D eigenvalue weighted by molar-refractivity contribution is -0.730. The summed E-state index contributed by atoms with van der Waals surface area (Å²) in [6, 6.07) is 8.41. The fraction of sp³-hybridized carbons (Fsp3) is 0.182. The fourth-order valence-electron chi connectivity index (χ4n) is 1.46. The van der Waals surface area contributed by atoms with Crippen molar-refractivity contribution in [2.24, 2.45) is 12.0 Å². The Morgan fingerprint density at radius 2 is 1.95 bits per heavy atom. The van der Waals surface area contributed by atoms with Crippen molar-refractivity contribution in [3.63, 3.8) is 0 Å². The molecule has 0 aliphatic carbocycles. The van der Waals surface area contributed by atoms with Gasteiger partial charge in [-0.2, -0.15) is 13.2 Å². The van der Waals surface area contributed by atoms with E-state index in [0.29, 0.717) is 5.56 Å². The molecular weight excluding hydrogens is 263 g/mol. The van der Waals surface area contributed by atoms with Gasteiger partial charge in [0.25, 0.3) is 0 Å². The Hall–Kier alpha value is -2.38. The molecule has 0 N–H and O–H groups in total. The van der Waals surface area contributed by atoms with Gasteiger partial charge in [-0.05, 0) is 16.8 Å². The van der Waals surface area contributed by atoms with Gasteiger partial charge in [0, 0.05) is 0 Å². The second-order valence-corrected chi connectivity index (χ2v) is 3.63. The van der Waals surface area contributed by atoms with Gasteiger partial charge in [-0.3, -0.25) is 4.52 Å². The molecule has 2 rings (SSSR count). The Kier molecular flexibility index (Phi) is 3.24. The molecule has 0 unspecified atom stereocenters. The van der Waals surface area contributed by atoms with Crippen LogP contribution in [0.2, 0.25) is 0 Å². The molecule has 0 radical (unpaired) electrons. The van der Waals surface area contributed by atoms with Crippen LogP contribution in [0.4, 0.5) is 19.1 Å². The zero-order valence-electron chi connectivity index (χ0n) is 9.68. The third-order valence-electron chi connectivity index (χ3n) is 2.27. The second-order valence-electron chi connectivity index (χ2n) is 3.63. The fourth-order valence-corrected chi connectivity index (χ4v) is 1.46. The topological polar surface area (TPSA) is 65.3 Å². The lowest BCUT2D eigenvalue weighted by atomic mass is 10.1. The Balaban J connectivity index is 2.51. The Morgan fingerprint density at radius 1 is 1.32 bits per heavy atom. The summed E-state index contributed by atoms with van der Waals surface area (Å²) >= 11 is 0. The number of nitrogens with zero attached hydrogens (tertiary/aromatic N) is 3. The van der Waals surface area contributed by atoms with Crippen LogP contribution in [0.5, 0.6) is 0 Å². The summed E-state index contributed by atoms with van der Waals surface area (Å²) < 4.78 is 42.3. The standard InChI is InChI=1S/C11H8F3N3O2/c1-17-8(7-5-3-2-4-6-7)9(19-16-17)15-10(18)11(12,13)14/h2-6H,1H3. The van der Waals surface area contributed by atoms with E-state index in [1.807, 2.05) is 0 Å². The van der Waals surface area contributed by atoms with Gasteiger partial charge in [0.05, 0.1) is 11.5 Å². The first kappa shape index (κ1) is 13.1. The molecule has 0 aliphatic heterocycles. The summed E-state index contributed by atoms with van der Waals surface area (Å²) in [5.41, 5.74) is 0.734. The van der Waals surface area contributed by atoms with Crippen LogP contribution >= 0.6 is 0 Å². The van der Waals surface area contributed by atoms with Crippen LogP contribution in [-0.4, -0.2) is 17.3 Å². The molecule has 0 atom stereocenters. The molecule has 2 aromatic rings. The van der Waals surface area contributed by atoms with Crippen molar-refractivity contribution in [1.29, 1.82) is 0 Å². The minimum absolute atomic E-state index is 0.193. The van der Waals surface area contributed by atoms with Crippen LogP contribution in [0.15, 0.2) is 39.8 Å². The number of alkyl halides is 3. The number of aromatic nitrogens is 2. The third kappa shape index (κ3) is 2.72. The van der Waals surface area contributed by atoms with Crippen molar-refractivity contribution in [3.8, 4) is 11.3 Å². The zero-order chi connectivity index (χ0) is 14.0. The van der Waals surface area contributed by atoms with Gasteiger partial charge < -0.3 is 5.11 Å². The lowest BCUT2D eigenvalue weighted by Gasteiger charge is -2.12. The average Bonchev–Trinajstić information content (AvgIpc) is 2.70. The first-order chi connectivity index (χ1) is 8.89.